The van der Waals surface area contributed by atoms with E-state index in [-0.39, 0.29) is 12.6 Å². The molecule has 5 heteroatoms. The number of hydrogen-bond acceptors (Lipinski definition) is 4. The second kappa shape index (κ2) is 10.5. The summed E-state index contributed by atoms with van der Waals surface area (Å²) < 4.78 is 16.4. The predicted octanol–water partition coefficient (Wildman–Crippen LogP) is 0.132. The second-order valence-electron chi connectivity index (χ2n) is 3.47. The number of methoxy groups -OCH3 is 1. The zero-order valence-corrected chi connectivity index (χ0v) is 10.5. The first-order valence-electron chi connectivity index (χ1n) is 5.42. The zero-order valence-electron chi connectivity index (χ0n) is 9.70. The number of rotatable bonds is 10. The van der Waals surface area contributed by atoms with Crippen LogP contribution in [-0.4, -0.2) is 53.7 Å². The topological polar surface area (TPSA) is 58.6 Å². The molecule has 2 atom stereocenters. The second-order valence-corrected chi connectivity index (χ2v) is 5.09. The monoisotopic (exact) mass is 237 g/mol. The molecule has 0 saturated carbocycles. The van der Waals surface area contributed by atoms with E-state index in [0.717, 1.165) is 13.0 Å². The van der Waals surface area contributed by atoms with Gasteiger partial charge in [0, 0.05) is 42.1 Å². The highest BCUT2D eigenvalue weighted by molar-refractivity contribution is 7.85. The quantitative estimate of drug-likeness (QED) is 0.567. The molecule has 92 valence electrons. The molecule has 0 aromatic carbocycles. The molecule has 2 unspecified atom stereocenters. The lowest BCUT2D eigenvalue weighted by atomic mass is 10.2. The molecular weight excluding hydrogens is 214 g/mol. The van der Waals surface area contributed by atoms with Gasteiger partial charge >= 0.3 is 0 Å². The van der Waals surface area contributed by atoms with Gasteiger partial charge in [-0.05, 0) is 19.4 Å². The van der Waals surface area contributed by atoms with Crippen molar-refractivity contribution < 1.29 is 14.1 Å². The van der Waals surface area contributed by atoms with Crippen LogP contribution < -0.4 is 5.32 Å². The summed E-state index contributed by atoms with van der Waals surface area (Å²) in [5.74, 6) is 1.18. The summed E-state index contributed by atoms with van der Waals surface area (Å²) in [5.41, 5.74) is 0. The van der Waals surface area contributed by atoms with Crippen molar-refractivity contribution in [1.29, 1.82) is 0 Å². The van der Waals surface area contributed by atoms with Crippen LogP contribution in [0.25, 0.3) is 0 Å². The molecule has 0 fully saturated rings. The van der Waals surface area contributed by atoms with E-state index in [4.69, 9.17) is 9.84 Å². The molecule has 0 amide bonds. The largest absolute Gasteiger partial charge is 0.396 e. The van der Waals surface area contributed by atoms with Gasteiger partial charge in [0.25, 0.3) is 0 Å². The van der Waals surface area contributed by atoms with E-state index in [9.17, 15) is 4.21 Å². The summed E-state index contributed by atoms with van der Waals surface area (Å²) in [7, 11) is 0.755. The molecule has 0 bridgehead atoms. The van der Waals surface area contributed by atoms with Gasteiger partial charge in [0.1, 0.15) is 0 Å². The first kappa shape index (κ1) is 15.0. The lowest BCUT2D eigenvalue weighted by Gasteiger charge is -2.16. The van der Waals surface area contributed by atoms with Crippen LogP contribution in [0.4, 0.5) is 0 Å². The van der Waals surface area contributed by atoms with Crippen LogP contribution in [0.3, 0.4) is 0 Å². The van der Waals surface area contributed by atoms with Crippen molar-refractivity contribution in [2.75, 3.05) is 38.4 Å². The van der Waals surface area contributed by atoms with E-state index in [1.54, 1.807) is 7.11 Å². The van der Waals surface area contributed by atoms with Crippen molar-refractivity contribution in [2.24, 2.45) is 0 Å². The maximum Gasteiger partial charge on any atom is 0.0577 e. The minimum atomic E-state index is -0.854. The maximum atomic E-state index is 11.6. The van der Waals surface area contributed by atoms with Gasteiger partial charge < -0.3 is 15.2 Å². The lowest BCUT2D eigenvalue weighted by molar-refractivity contribution is 0.218. The fourth-order valence-electron chi connectivity index (χ4n) is 1.23. The molecule has 2 N–H and O–H groups in total. The average molecular weight is 237 g/mol. The Morgan fingerprint density at radius 1 is 1.53 bits per heavy atom. The Hall–Kier alpha value is 0.0300. The lowest BCUT2D eigenvalue weighted by Crippen LogP contribution is -2.36. The van der Waals surface area contributed by atoms with Gasteiger partial charge in [0.05, 0.1) is 6.61 Å². The van der Waals surface area contributed by atoms with Crippen LogP contribution in [0, 0.1) is 0 Å². The van der Waals surface area contributed by atoms with Crippen LogP contribution in [0.15, 0.2) is 0 Å². The van der Waals surface area contributed by atoms with Crippen molar-refractivity contribution >= 4 is 10.8 Å². The Balaban J connectivity index is 3.76. The smallest absolute Gasteiger partial charge is 0.0577 e. The summed E-state index contributed by atoms with van der Waals surface area (Å²) in [6, 6.07) is 0.160. The van der Waals surface area contributed by atoms with Gasteiger partial charge in [-0.1, -0.05) is 6.92 Å². The third-order valence-electron chi connectivity index (χ3n) is 2.06. The Morgan fingerprint density at radius 2 is 2.27 bits per heavy atom. The summed E-state index contributed by atoms with van der Waals surface area (Å²) in [6.07, 6.45) is 1.71. The summed E-state index contributed by atoms with van der Waals surface area (Å²) in [4.78, 5) is 0. The molecule has 0 radical (unpaired) electrons. The highest BCUT2D eigenvalue weighted by Crippen LogP contribution is 1.96. The predicted molar refractivity (Wildman–Crippen MR) is 63.5 cm³/mol. The van der Waals surface area contributed by atoms with E-state index < -0.39 is 10.8 Å². The molecule has 0 aliphatic carbocycles. The molecular formula is C10H23NO3S. The Morgan fingerprint density at radius 3 is 2.80 bits per heavy atom. The van der Waals surface area contributed by atoms with E-state index in [1.165, 1.54) is 0 Å². The first-order valence-corrected chi connectivity index (χ1v) is 6.91. The number of aliphatic hydroxyl groups is 1. The maximum absolute atomic E-state index is 11.6. The van der Waals surface area contributed by atoms with E-state index >= 15 is 0 Å². The van der Waals surface area contributed by atoms with Crippen molar-refractivity contribution in [2.45, 2.75) is 25.8 Å². The van der Waals surface area contributed by atoms with Gasteiger partial charge in [-0.3, -0.25) is 4.21 Å². The van der Waals surface area contributed by atoms with Gasteiger partial charge in [-0.2, -0.15) is 0 Å². The van der Waals surface area contributed by atoms with Gasteiger partial charge in [0.15, 0.2) is 0 Å². The number of hydrogen-bond donors (Lipinski definition) is 2. The van der Waals surface area contributed by atoms with Crippen LogP contribution in [-0.2, 0) is 15.5 Å². The molecule has 0 heterocycles. The van der Waals surface area contributed by atoms with E-state index in [0.29, 0.717) is 24.5 Å². The van der Waals surface area contributed by atoms with Crippen LogP contribution in [0.5, 0.6) is 0 Å². The molecule has 15 heavy (non-hydrogen) atoms. The molecule has 0 spiro atoms. The van der Waals surface area contributed by atoms with E-state index in [1.807, 2.05) is 0 Å². The number of ether oxygens (including phenoxy) is 1. The Kier molecular flexibility index (Phi) is 10.6. The highest BCUT2D eigenvalue weighted by atomic mass is 32.2. The molecule has 0 aromatic rings. The minimum absolute atomic E-state index is 0.142. The fourth-order valence-corrected chi connectivity index (χ4v) is 2.49. The van der Waals surface area contributed by atoms with Crippen molar-refractivity contribution in [3.05, 3.63) is 0 Å². The van der Waals surface area contributed by atoms with Crippen LogP contribution in [0.2, 0.25) is 0 Å². The molecule has 0 rings (SSSR count). The fraction of sp³-hybridized carbons (Fsp3) is 1.00. The third-order valence-corrected chi connectivity index (χ3v) is 3.46. The first-order chi connectivity index (χ1) is 7.24. The van der Waals surface area contributed by atoms with Gasteiger partial charge in [0.2, 0.25) is 0 Å². The standard InChI is InChI=1S/C10H23NO3S/c1-3-5-11-10(4-6-12)9-15(13)8-7-14-2/h10-12H,3-9H2,1-2H3. The van der Waals surface area contributed by atoms with E-state index in [2.05, 4.69) is 12.2 Å². The average Bonchev–Trinajstić information content (AvgIpc) is 2.23. The van der Waals surface area contributed by atoms with Crippen molar-refractivity contribution in [3.63, 3.8) is 0 Å². The van der Waals surface area contributed by atoms with Gasteiger partial charge in [-0.15, -0.1) is 0 Å². The summed E-state index contributed by atoms with van der Waals surface area (Å²) in [5, 5.41) is 12.1. The molecule has 0 aliphatic heterocycles. The normalized spacial score (nSPS) is 15.1. The molecule has 4 nitrogen and oxygen atoms in total. The van der Waals surface area contributed by atoms with Crippen LogP contribution in [0.1, 0.15) is 19.8 Å². The SMILES string of the molecule is CCCNC(CCO)CS(=O)CCOC. The highest BCUT2D eigenvalue weighted by Gasteiger charge is 2.11. The Labute approximate surface area is 94.9 Å². The van der Waals surface area contributed by atoms with Crippen molar-refractivity contribution in [1.82, 2.24) is 5.32 Å². The number of nitrogens with one attached hydrogen (secondary N) is 1. The third kappa shape index (κ3) is 8.99. The number of aliphatic hydroxyl groups excluding tert-OH is 1. The molecule has 0 aromatic heterocycles. The van der Waals surface area contributed by atoms with Gasteiger partial charge in [-0.25, -0.2) is 0 Å². The molecule has 0 aliphatic rings. The molecule has 0 saturated heterocycles. The van der Waals surface area contributed by atoms with Crippen LogP contribution >= 0.6 is 0 Å². The van der Waals surface area contributed by atoms with Crippen molar-refractivity contribution in [3.8, 4) is 0 Å². The zero-order chi connectivity index (χ0) is 11.5. The summed E-state index contributed by atoms with van der Waals surface area (Å²) in [6.45, 7) is 3.67. The summed E-state index contributed by atoms with van der Waals surface area (Å²) >= 11 is 0. The minimum Gasteiger partial charge on any atom is -0.396 e. The Bertz CT molecular complexity index is 167.